The van der Waals surface area contributed by atoms with Crippen molar-refractivity contribution in [2.45, 2.75) is 6.54 Å². The third-order valence-electron chi connectivity index (χ3n) is 2.05. The number of nitrogens with zero attached hydrogens (tertiary/aromatic N) is 3. The molecular weight excluding hydrogens is 222 g/mol. The topological polar surface area (TPSA) is 122 Å². The quantitative estimate of drug-likeness (QED) is 0.414. The summed E-state index contributed by atoms with van der Waals surface area (Å²) in [6.45, 7) is 0.284. The Kier molecular flexibility index (Phi) is 3.26. The lowest BCUT2D eigenvalue weighted by atomic mass is 10.2. The van der Waals surface area contributed by atoms with Gasteiger partial charge in [-0.2, -0.15) is 5.10 Å². The Hall–Kier alpha value is -2.48. The number of anilines is 1. The fourth-order valence-electron chi connectivity index (χ4n) is 1.23. The maximum atomic E-state index is 11.7. The maximum Gasteiger partial charge on any atom is 0.251 e. The van der Waals surface area contributed by atoms with E-state index in [0.717, 1.165) is 0 Å². The number of nitrogens with two attached hydrogens (primary N) is 1. The van der Waals surface area contributed by atoms with Crippen LogP contribution in [-0.2, 0) is 6.54 Å². The first kappa shape index (κ1) is 11.0. The van der Waals surface area contributed by atoms with Crippen LogP contribution in [0.4, 0.5) is 5.82 Å². The lowest BCUT2D eigenvalue weighted by Gasteiger charge is -2.04. The van der Waals surface area contributed by atoms with E-state index < -0.39 is 0 Å². The molecule has 0 saturated carbocycles. The number of hydrogen-bond donors (Lipinski definition) is 4. The van der Waals surface area contributed by atoms with Gasteiger partial charge in [0.05, 0.1) is 6.54 Å². The van der Waals surface area contributed by atoms with E-state index in [-0.39, 0.29) is 12.5 Å². The second-order valence-electron chi connectivity index (χ2n) is 3.19. The number of aromatic nitrogens is 4. The first-order chi connectivity index (χ1) is 8.29. The van der Waals surface area contributed by atoms with Crippen molar-refractivity contribution in [3.8, 4) is 0 Å². The zero-order valence-electron chi connectivity index (χ0n) is 8.84. The SMILES string of the molecule is NNc1cc(C(=O)NCc2ncn[nH]2)ccn1. The summed E-state index contributed by atoms with van der Waals surface area (Å²) in [6.07, 6.45) is 2.88. The number of nitrogen functional groups attached to an aromatic ring is 1. The van der Waals surface area contributed by atoms with Gasteiger partial charge in [-0.15, -0.1) is 0 Å². The summed E-state index contributed by atoms with van der Waals surface area (Å²) in [5.41, 5.74) is 2.84. The highest BCUT2D eigenvalue weighted by Crippen LogP contribution is 2.05. The van der Waals surface area contributed by atoms with Gasteiger partial charge < -0.3 is 10.7 Å². The summed E-state index contributed by atoms with van der Waals surface area (Å²) in [4.78, 5) is 19.5. The van der Waals surface area contributed by atoms with E-state index >= 15 is 0 Å². The number of hydrogen-bond acceptors (Lipinski definition) is 6. The predicted molar refractivity (Wildman–Crippen MR) is 59.6 cm³/mol. The van der Waals surface area contributed by atoms with Crippen LogP contribution in [-0.4, -0.2) is 26.1 Å². The zero-order chi connectivity index (χ0) is 12.1. The van der Waals surface area contributed by atoms with E-state index in [1.165, 1.54) is 12.5 Å². The highest BCUT2D eigenvalue weighted by atomic mass is 16.1. The third-order valence-corrected chi connectivity index (χ3v) is 2.05. The third kappa shape index (κ3) is 2.75. The molecule has 0 aromatic carbocycles. The minimum Gasteiger partial charge on any atom is -0.345 e. The molecule has 0 spiro atoms. The molecule has 8 heteroatoms. The van der Waals surface area contributed by atoms with Crippen molar-refractivity contribution in [2.24, 2.45) is 5.84 Å². The van der Waals surface area contributed by atoms with Gasteiger partial charge in [0.2, 0.25) is 0 Å². The molecule has 2 aromatic heterocycles. The molecule has 17 heavy (non-hydrogen) atoms. The van der Waals surface area contributed by atoms with Crippen LogP contribution < -0.4 is 16.6 Å². The average molecular weight is 233 g/mol. The van der Waals surface area contributed by atoms with Crippen LogP contribution in [0.15, 0.2) is 24.7 Å². The van der Waals surface area contributed by atoms with Crippen LogP contribution in [0.2, 0.25) is 0 Å². The molecule has 0 saturated heterocycles. The Labute approximate surface area is 96.6 Å². The van der Waals surface area contributed by atoms with Crippen LogP contribution in [0, 0.1) is 0 Å². The molecule has 0 radical (unpaired) electrons. The maximum absolute atomic E-state index is 11.7. The molecule has 0 aliphatic carbocycles. The second kappa shape index (κ2) is 5.03. The van der Waals surface area contributed by atoms with Crippen molar-refractivity contribution in [1.29, 1.82) is 0 Å². The highest BCUT2D eigenvalue weighted by molar-refractivity contribution is 5.94. The lowest BCUT2D eigenvalue weighted by molar-refractivity contribution is 0.0950. The van der Waals surface area contributed by atoms with Gasteiger partial charge in [-0.25, -0.2) is 15.8 Å². The van der Waals surface area contributed by atoms with Crippen LogP contribution in [0.3, 0.4) is 0 Å². The molecule has 0 atom stereocenters. The van der Waals surface area contributed by atoms with Crippen molar-refractivity contribution < 1.29 is 4.79 Å². The molecule has 5 N–H and O–H groups in total. The highest BCUT2D eigenvalue weighted by Gasteiger charge is 2.06. The smallest absolute Gasteiger partial charge is 0.251 e. The molecule has 2 rings (SSSR count). The molecule has 2 heterocycles. The summed E-state index contributed by atoms with van der Waals surface area (Å²) >= 11 is 0. The summed E-state index contributed by atoms with van der Waals surface area (Å²) < 4.78 is 0. The van der Waals surface area contributed by atoms with E-state index in [9.17, 15) is 4.79 Å². The molecule has 1 amide bonds. The van der Waals surface area contributed by atoms with Crippen molar-refractivity contribution in [3.63, 3.8) is 0 Å². The van der Waals surface area contributed by atoms with Gasteiger partial charge in [-0.3, -0.25) is 9.89 Å². The van der Waals surface area contributed by atoms with Crippen molar-refractivity contribution in [3.05, 3.63) is 36.0 Å². The van der Waals surface area contributed by atoms with Gasteiger partial charge >= 0.3 is 0 Å². The predicted octanol–water partition coefficient (Wildman–Crippen LogP) is -0.585. The molecule has 0 fully saturated rings. The van der Waals surface area contributed by atoms with E-state index in [2.05, 4.69) is 30.9 Å². The van der Waals surface area contributed by atoms with Crippen LogP contribution >= 0.6 is 0 Å². The van der Waals surface area contributed by atoms with Crippen LogP contribution in [0.5, 0.6) is 0 Å². The summed E-state index contributed by atoms with van der Waals surface area (Å²) in [5, 5.41) is 9.01. The monoisotopic (exact) mass is 233 g/mol. The minimum atomic E-state index is -0.236. The number of pyridine rings is 1. The number of aromatic amines is 1. The number of amides is 1. The van der Waals surface area contributed by atoms with Crippen LogP contribution in [0.25, 0.3) is 0 Å². The lowest BCUT2D eigenvalue weighted by Crippen LogP contribution is -2.23. The van der Waals surface area contributed by atoms with Gasteiger partial charge in [-0.1, -0.05) is 0 Å². The number of H-pyrrole nitrogens is 1. The Morgan fingerprint density at radius 1 is 1.47 bits per heavy atom. The molecule has 0 unspecified atom stereocenters. The Morgan fingerprint density at radius 3 is 3.06 bits per heavy atom. The van der Waals surface area contributed by atoms with E-state index in [0.29, 0.717) is 17.2 Å². The average Bonchev–Trinajstić information content (AvgIpc) is 2.89. The first-order valence-electron chi connectivity index (χ1n) is 4.84. The number of rotatable bonds is 4. The number of nitrogens with one attached hydrogen (secondary N) is 3. The summed E-state index contributed by atoms with van der Waals surface area (Å²) in [6, 6.07) is 3.15. The standard InChI is InChI=1S/C9H11N7O/c10-15-7-3-6(1-2-11-7)9(17)12-4-8-13-5-14-16-8/h1-3,5H,4,10H2,(H,11,15)(H,12,17)(H,13,14,16). The summed E-state index contributed by atoms with van der Waals surface area (Å²) in [5.74, 6) is 5.98. The molecule has 8 nitrogen and oxygen atoms in total. The number of hydrazine groups is 1. The van der Waals surface area contributed by atoms with Gasteiger partial charge in [0, 0.05) is 11.8 Å². The largest absolute Gasteiger partial charge is 0.345 e. The normalized spacial score (nSPS) is 9.94. The molecule has 0 bridgehead atoms. The fourth-order valence-corrected chi connectivity index (χ4v) is 1.23. The second-order valence-corrected chi connectivity index (χ2v) is 3.19. The van der Waals surface area contributed by atoms with Crippen LogP contribution in [0.1, 0.15) is 16.2 Å². The van der Waals surface area contributed by atoms with Gasteiger partial charge in [-0.05, 0) is 12.1 Å². The molecule has 88 valence electrons. The van der Waals surface area contributed by atoms with E-state index in [1.54, 1.807) is 12.1 Å². The summed E-state index contributed by atoms with van der Waals surface area (Å²) in [7, 11) is 0. The van der Waals surface area contributed by atoms with E-state index in [1.807, 2.05) is 0 Å². The van der Waals surface area contributed by atoms with Crippen molar-refractivity contribution in [2.75, 3.05) is 5.43 Å². The molecule has 0 aliphatic rings. The molecule has 2 aromatic rings. The Bertz CT molecular complexity index is 496. The zero-order valence-corrected chi connectivity index (χ0v) is 8.84. The Balaban J connectivity index is 1.99. The molecule has 0 aliphatic heterocycles. The van der Waals surface area contributed by atoms with Gasteiger partial charge in [0.15, 0.2) is 0 Å². The Morgan fingerprint density at radius 2 is 2.35 bits per heavy atom. The number of carbonyl (C=O) groups excluding carboxylic acids is 1. The van der Waals surface area contributed by atoms with E-state index in [4.69, 9.17) is 5.84 Å². The number of carbonyl (C=O) groups is 1. The molecular formula is C9H11N7O. The van der Waals surface area contributed by atoms with Crippen molar-refractivity contribution >= 4 is 11.7 Å². The van der Waals surface area contributed by atoms with Crippen molar-refractivity contribution in [1.82, 2.24) is 25.5 Å². The van der Waals surface area contributed by atoms with Gasteiger partial charge in [0.1, 0.15) is 18.0 Å². The van der Waals surface area contributed by atoms with Gasteiger partial charge in [0.25, 0.3) is 5.91 Å². The first-order valence-corrected chi connectivity index (χ1v) is 4.84. The fraction of sp³-hybridized carbons (Fsp3) is 0.111. The minimum absolute atomic E-state index is 0.236.